The third-order valence-corrected chi connectivity index (χ3v) is 6.46. The molecule has 1 aliphatic rings. The molecule has 178 valence electrons. The fraction of sp³-hybridized carbons (Fsp3) is 0.478. The van der Waals surface area contributed by atoms with Crippen LogP contribution in [-0.2, 0) is 14.9 Å². The van der Waals surface area contributed by atoms with Crippen LogP contribution in [0.1, 0.15) is 58.5 Å². The van der Waals surface area contributed by atoms with Crippen molar-refractivity contribution in [3.63, 3.8) is 0 Å². The highest BCUT2D eigenvalue weighted by atomic mass is 32.1. The molecule has 33 heavy (non-hydrogen) atoms. The Morgan fingerprint density at radius 2 is 1.73 bits per heavy atom. The lowest BCUT2D eigenvalue weighted by Crippen LogP contribution is -2.42. The van der Waals surface area contributed by atoms with E-state index in [9.17, 15) is 14.4 Å². The van der Waals surface area contributed by atoms with Gasteiger partial charge in [0, 0.05) is 31.6 Å². The minimum atomic E-state index is -0.416. The van der Waals surface area contributed by atoms with E-state index >= 15 is 0 Å². The number of amides is 3. The summed E-state index contributed by atoms with van der Waals surface area (Å²) in [7, 11) is 0. The Morgan fingerprint density at radius 1 is 1.06 bits per heavy atom. The van der Waals surface area contributed by atoms with Crippen LogP contribution in [0.3, 0.4) is 0 Å². The smallest absolute Gasteiger partial charge is 0.281 e. The number of carbonyl (C=O) groups is 3. The van der Waals surface area contributed by atoms with Crippen LogP contribution in [0.4, 0.5) is 5.13 Å². The van der Waals surface area contributed by atoms with E-state index < -0.39 is 11.8 Å². The Labute approximate surface area is 197 Å². The van der Waals surface area contributed by atoms with Gasteiger partial charge in [0.15, 0.2) is 5.13 Å². The SMILES string of the molecule is Cc1nc(N2CCOCC2)sc1C(=O)NNC(=O)CCNC(=O)c1ccc(C(C)(C)C)cc1. The number of benzene rings is 1. The lowest BCUT2D eigenvalue weighted by atomic mass is 9.87. The van der Waals surface area contributed by atoms with Crippen LogP contribution in [0.2, 0.25) is 0 Å². The predicted molar refractivity (Wildman–Crippen MR) is 128 cm³/mol. The van der Waals surface area contributed by atoms with Gasteiger partial charge in [-0.3, -0.25) is 25.2 Å². The number of carbonyl (C=O) groups excluding carboxylic acids is 3. The Hall–Kier alpha value is -2.98. The van der Waals surface area contributed by atoms with Crippen LogP contribution < -0.4 is 21.1 Å². The molecule has 1 saturated heterocycles. The Balaban J connectivity index is 1.42. The Kier molecular flexibility index (Phi) is 8.04. The van der Waals surface area contributed by atoms with Crippen molar-refractivity contribution in [1.29, 1.82) is 0 Å². The molecular weight excluding hydrogens is 442 g/mol. The lowest BCUT2D eigenvalue weighted by Gasteiger charge is -2.25. The fourth-order valence-electron chi connectivity index (χ4n) is 3.24. The summed E-state index contributed by atoms with van der Waals surface area (Å²) in [6.45, 7) is 11.0. The second-order valence-corrected chi connectivity index (χ2v) is 9.82. The van der Waals surface area contributed by atoms with Crippen molar-refractivity contribution in [3.05, 3.63) is 46.0 Å². The molecule has 0 atom stereocenters. The van der Waals surface area contributed by atoms with Crippen LogP contribution >= 0.6 is 11.3 Å². The molecule has 0 unspecified atom stereocenters. The Morgan fingerprint density at radius 3 is 2.36 bits per heavy atom. The zero-order valence-corrected chi connectivity index (χ0v) is 20.3. The van der Waals surface area contributed by atoms with E-state index in [0.29, 0.717) is 29.3 Å². The summed E-state index contributed by atoms with van der Waals surface area (Å²) >= 11 is 1.29. The molecule has 3 N–H and O–H groups in total. The molecule has 1 aromatic heterocycles. The van der Waals surface area contributed by atoms with Gasteiger partial charge in [0.05, 0.1) is 18.9 Å². The van der Waals surface area contributed by atoms with E-state index in [0.717, 1.165) is 23.8 Å². The van der Waals surface area contributed by atoms with Crippen molar-refractivity contribution in [1.82, 2.24) is 21.2 Å². The molecule has 0 radical (unpaired) electrons. The van der Waals surface area contributed by atoms with Crippen molar-refractivity contribution < 1.29 is 19.1 Å². The molecule has 3 rings (SSSR count). The van der Waals surface area contributed by atoms with Gasteiger partial charge in [0.2, 0.25) is 5.91 Å². The molecule has 1 fully saturated rings. The van der Waals surface area contributed by atoms with Crippen molar-refractivity contribution in [2.45, 2.75) is 39.5 Å². The number of aryl methyl sites for hydroxylation is 1. The summed E-state index contributed by atoms with van der Waals surface area (Å²) < 4.78 is 5.34. The standard InChI is InChI=1S/C23H31N5O4S/c1-15-19(33-22(25-15)28-11-13-32-14-12-28)21(31)27-26-18(29)9-10-24-20(30)16-5-7-17(8-6-16)23(2,3)4/h5-8H,9-14H2,1-4H3,(H,24,30)(H,26,29)(H,27,31). The third-order valence-electron chi connectivity index (χ3n) is 5.24. The highest BCUT2D eigenvalue weighted by molar-refractivity contribution is 7.17. The molecule has 2 aromatic rings. The lowest BCUT2D eigenvalue weighted by molar-refractivity contribution is -0.121. The van der Waals surface area contributed by atoms with E-state index in [1.54, 1.807) is 19.1 Å². The maximum Gasteiger partial charge on any atom is 0.281 e. The summed E-state index contributed by atoms with van der Waals surface area (Å²) in [5, 5.41) is 3.49. The number of hydrazine groups is 1. The molecular formula is C23H31N5O4S. The van der Waals surface area contributed by atoms with Crippen molar-refractivity contribution in [2.75, 3.05) is 37.7 Å². The zero-order chi connectivity index (χ0) is 24.0. The maximum absolute atomic E-state index is 12.5. The number of nitrogens with one attached hydrogen (secondary N) is 3. The predicted octanol–water partition coefficient (Wildman–Crippen LogP) is 2.17. The average molecular weight is 474 g/mol. The summed E-state index contributed by atoms with van der Waals surface area (Å²) in [5.74, 6) is -1.06. The van der Waals surface area contributed by atoms with Gasteiger partial charge in [0.25, 0.3) is 11.8 Å². The second-order valence-electron chi connectivity index (χ2n) is 8.85. The third kappa shape index (κ3) is 6.75. The average Bonchev–Trinajstić information content (AvgIpc) is 3.19. The quantitative estimate of drug-likeness (QED) is 0.555. The van der Waals surface area contributed by atoms with Crippen LogP contribution in [0.15, 0.2) is 24.3 Å². The first-order valence-corrected chi connectivity index (χ1v) is 11.7. The van der Waals surface area contributed by atoms with E-state index in [1.807, 2.05) is 12.1 Å². The first kappa shape index (κ1) is 24.7. The summed E-state index contributed by atoms with van der Waals surface area (Å²) in [6, 6.07) is 7.42. The van der Waals surface area contributed by atoms with Crippen molar-refractivity contribution >= 4 is 34.2 Å². The first-order valence-electron chi connectivity index (χ1n) is 10.9. The highest BCUT2D eigenvalue weighted by Gasteiger charge is 2.21. The molecule has 0 spiro atoms. The molecule has 1 aliphatic heterocycles. The van der Waals surface area contributed by atoms with E-state index in [4.69, 9.17) is 4.74 Å². The van der Waals surface area contributed by atoms with E-state index in [-0.39, 0.29) is 24.3 Å². The van der Waals surface area contributed by atoms with Crippen molar-refractivity contribution in [3.8, 4) is 0 Å². The number of morpholine rings is 1. The number of thiazole rings is 1. The molecule has 0 saturated carbocycles. The number of nitrogens with zero attached hydrogens (tertiary/aromatic N) is 2. The van der Waals surface area contributed by atoms with E-state index in [2.05, 4.69) is 46.8 Å². The number of hydrogen-bond donors (Lipinski definition) is 3. The van der Waals surface area contributed by atoms with Gasteiger partial charge >= 0.3 is 0 Å². The maximum atomic E-state index is 12.5. The molecule has 3 amide bonds. The number of anilines is 1. The second kappa shape index (κ2) is 10.8. The van der Waals surface area contributed by atoms with Gasteiger partial charge in [-0.15, -0.1) is 0 Å². The van der Waals surface area contributed by atoms with Crippen molar-refractivity contribution in [2.24, 2.45) is 0 Å². The van der Waals surface area contributed by atoms with E-state index in [1.165, 1.54) is 11.3 Å². The van der Waals surface area contributed by atoms with Gasteiger partial charge in [-0.2, -0.15) is 0 Å². The number of aromatic nitrogens is 1. The monoisotopic (exact) mass is 473 g/mol. The van der Waals surface area contributed by atoms with Gasteiger partial charge in [-0.25, -0.2) is 4.98 Å². The summed E-state index contributed by atoms with van der Waals surface area (Å²) in [4.78, 5) is 43.8. The molecule has 9 nitrogen and oxygen atoms in total. The van der Waals surface area contributed by atoms with Crippen LogP contribution in [0.5, 0.6) is 0 Å². The normalized spacial score (nSPS) is 14.0. The molecule has 1 aromatic carbocycles. The van der Waals surface area contributed by atoms with Gasteiger partial charge < -0.3 is 15.0 Å². The summed E-state index contributed by atoms with van der Waals surface area (Å²) in [6.07, 6.45) is 0.0345. The molecule has 2 heterocycles. The van der Waals surface area contributed by atoms with Gasteiger partial charge in [-0.1, -0.05) is 44.2 Å². The molecule has 0 bridgehead atoms. The van der Waals surface area contributed by atoms with Gasteiger partial charge in [0.1, 0.15) is 4.88 Å². The molecule has 10 heteroatoms. The van der Waals surface area contributed by atoms with Crippen LogP contribution in [0, 0.1) is 6.92 Å². The van der Waals surface area contributed by atoms with Crippen LogP contribution in [0.25, 0.3) is 0 Å². The molecule has 0 aliphatic carbocycles. The minimum Gasteiger partial charge on any atom is -0.378 e. The minimum absolute atomic E-state index is 0.0132. The first-order chi connectivity index (χ1) is 15.6. The van der Waals surface area contributed by atoms with Gasteiger partial charge in [-0.05, 0) is 30.0 Å². The van der Waals surface area contributed by atoms with Crippen LogP contribution in [-0.4, -0.2) is 55.6 Å². The Bertz CT molecular complexity index is 991. The fourth-order valence-corrected chi connectivity index (χ4v) is 4.26. The largest absolute Gasteiger partial charge is 0.378 e. The number of rotatable bonds is 6. The summed E-state index contributed by atoms with van der Waals surface area (Å²) in [5.41, 5.74) is 7.11. The topological polar surface area (TPSA) is 113 Å². The highest BCUT2D eigenvalue weighted by Crippen LogP contribution is 2.26. The number of hydrogen-bond acceptors (Lipinski definition) is 7. The zero-order valence-electron chi connectivity index (χ0n) is 19.5. The number of ether oxygens (including phenoxy) is 1.